The summed E-state index contributed by atoms with van der Waals surface area (Å²) >= 11 is 0. The van der Waals surface area contributed by atoms with Crippen LogP contribution in [0.25, 0.3) is 0 Å². The lowest BCUT2D eigenvalue weighted by molar-refractivity contribution is 0.0491. The Bertz CT molecular complexity index is 192. The number of hydrogen-bond acceptors (Lipinski definition) is 2. The van der Waals surface area contributed by atoms with Crippen molar-refractivity contribution in [3.63, 3.8) is 0 Å². The van der Waals surface area contributed by atoms with E-state index < -0.39 is 0 Å². The lowest BCUT2D eigenvalue weighted by Gasteiger charge is -2.37. The van der Waals surface area contributed by atoms with Crippen LogP contribution >= 0.6 is 0 Å². The van der Waals surface area contributed by atoms with Gasteiger partial charge in [-0.15, -0.1) is 0 Å². The predicted octanol–water partition coefficient (Wildman–Crippen LogP) is 1.78. The van der Waals surface area contributed by atoms with Gasteiger partial charge in [-0.3, -0.25) is 0 Å². The van der Waals surface area contributed by atoms with Crippen molar-refractivity contribution in [2.24, 2.45) is 0 Å². The first kappa shape index (κ1) is 8.11. The lowest BCUT2D eigenvalue weighted by Crippen LogP contribution is -2.38. The fraction of sp³-hybridized carbons (Fsp3) is 0.800. The minimum atomic E-state index is 0.917. The average Bonchev–Trinajstić information content (AvgIpc) is 2.05. The van der Waals surface area contributed by atoms with Crippen LogP contribution in [0.5, 0.6) is 0 Å². The summed E-state index contributed by atoms with van der Waals surface area (Å²) in [6.07, 6.45) is 3.89. The van der Waals surface area contributed by atoms with E-state index in [-0.39, 0.29) is 0 Å². The molecule has 0 amide bonds. The third-order valence-corrected chi connectivity index (χ3v) is 2.89. The van der Waals surface area contributed by atoms with Gasteiger partial charge in [0, 0.05) is 18.8 Å². The first-order valence-electron chi connectivity index (χ1n) is 4.95. The Morgan fingerprint density at radius 3 is 2.50 bits per heavy atom. The largest absolute Gasteiger partial charge is 0.378 e. The molecule has 0 radical (unpaired) electrons. The van der Waals surface area contributed by atoms with Gasteiger partial charge in [-0.1, -0.05) is 12.5 Å². The van der Waals surface area contributed by atoms with Crippen molar-refractivity contribution < 1.29 is 4.74 Å². The maximum absolute atomic E-state index is 5.32. The maximum atomic E-state index is 5.32. The maximum Gasteiger partial charge on any atom is 0.0642 e. The van der Waals surface area contributed by atoms with Crippen LogP contribution in [-0.4, -0.2) is 31.2 Å². The van der Waals surface area contributed by atoms with E-state index in [0.717, 1.165) is 26.3 Å². The van der Waals surface area contributed by atoms with Gasteiger partial charge in [0.05, 0.1) is 13.2 Å². The highest BCUT2D eigenvalue weighted by Gasteiger charge is 2.22. The van der Waals surface area contributed by atoms with Gasteiger partial charge in [0.25, 0.3) is 0 Å². The SMILES string of the molecule is CCC1=C(N2CCOCC2)CC1. The van der Waals surface area contributed by atoms with E-state index in [2.05, 4.69) is 11.8 Å². The molecule has 0 aromatic heterocycles. The van der Waals surface area contributed by atoms with Crippen LogP contribution in [0.3, 0.4) is 0 Å². The zero-order valence-electron chi connectivity index (χ0n) is 7.81. The smallest absolute Gasteiger partial charge is 0.0642 e. The Morgan fingerprint density at radius 2 is 2.00 bits per heavy atom. The molecule has 0 spiro atoms. The summed E-state index contributed by atoms with van der Waals surface area (Å²) in [5.74, 6) is 0. The first-order chi connectivity index (χ1) is 5.92. The molecule has 0 N–H and O–H groups in total. The Labute approximate surface area is 74.2 Å². The highest BCUT2D eigenvalue weighted by atomic mass is 16.5. The number of rotatable bonds is 2. The van der Waals surface area contributed by atoms with Crippen molar-refractivity contribution in [2.75, 3.05) is 26.3 Å². The molecule has 2 nitrogen and oxygen atoms in total. The Morgan fingerprint density at radius 1 is 1.25 bits per heavy atom. The highest BCUT2D eigenvalue weighted by molar-refractivity contribution is 5.23. The normalized spacial score (nSPS) is 24.2. The highest BCUT2D eigenvalue weighted by Crippen LogP contribution is 2.32. The van der Waals surface area contributed by atoms with Crippen LogP contribution in [0.15, 0.2) is 11.3 Å². The van der Waals surface area contributed by atoms with Crippen LogP contribution in [0.1, 0.15) is 26.2 Å². The van der Waals surface area contributed by atoms with E-state index in [1.807, 2.05) is 0 Å². The van der Waals surface area contributed by atoms with Gasteiger partial charge in [0.15, 0.2) is 0 Å². The lowest BCUT2D eigenvalue weighted by atomic mass is 9.91. The van der Waals surface area contributed by atoms with Crippen LogP contribution in [0.4, 0.5) is 0 Å². The summed E-state index contributed by atoms with van der Waals surface area (Å²) in [5, 5.41) is 0. The molecule has 68 valence electrons. The molecular weight excluding hydrogens is 150 g/mol. The molecule has 0 atom stereocenters. The van der Waals surface area contributed by atoms with Crippen molar-refractivity contribution in [2.45, 2.75) is 26.2 Å². The van der Waals surface area contributed by atoms with Gasteiger partial charge in [-0.2, -0.15) is 0 Å². The van der Waals surface area contributed by atoms with Gasteiger partial charge < -0.3 is 9.64 Å². The Balaban J connectivity index is 1.99. The third kappa shape index (κ3) is 1.36. The number of hydrogen-bond donors (Lipinski definition) is 0. The summed E-state index contributed by atoms with van der Waals surface area (Å²) < 4.78 is 5.32. The molecule has 0 aromatic carbocycles. The Kier molecular flexibility index (Phi) is 2.35. The minimum Gasteiger partial charge on any atom is -0.378 e. The molecule has 0 aromatic rings. The van der Waals surface area contributed by atoms with Crippen molar-refractivity contribution in [1.82, 2.24) is 4.90 Å². The molecule has 1 heterocycles. The predicted molar refractivity (Wildman–Crippen MR) is 48.9 cm³/mol. The molecule has 1 fully saturated rings. The number of morpholine rings is 1. The Hall–Kier alpha value is -0.500. The van der Waals surface area contributed by atoms with Gasteiger partial charge in [-0.05, 0) is 19.3 Å². The van der Waals surface area contributed by atoms with Gasteiger partial charge >= 0.3 is 0 Å². The van der Waals surface area contributed by atoms with E-state index >= 15 is 0 Å². The van der Waals surface area contributed by atoms with Gasteiger partial charge in [-0.25, -0.2) is 0 Å². The number of allylic oxidation sites excluding steroid dienone is 2. The van der Waals surface area contributed by atoms with E-state index in [1.54, 1.807) is 11.3 Å². The van der Waals surface area contributed by atoms with Gasteiger partial charge in [0.1, 0.15) is 0 Å². The standard InChI is InChI=1S/C10H17NO/c1-2-9-3-4-10(9)11-5-7-12-8-6-11/h2-8H2,1H3. The van der Waals surface area contributed by atoms with E-state index in [1.165, 1.54) is 19.3 Å². The molecule has 1 aliphatic heterocycles. The second kappa shape index (κ2) is 3.48. The third-order valence-electron chi connectivity index (χ3n) is 2.89. The van der Waals surface area contributed by atoms with Crippen molar-refractivity contribution in [3.05, 3.63) is 11.3 Å². The summed E-state index contributed by atoms with van der Waals surface area (Å²) in [5.41, 5.74) is 3.30. The molecule has 1 aliphatic carbocycles. The number of nitrogens with zero attached hydrogens (tertiary/aromatic N) is 1. The van der Waals surface area contributed by atoms with Crippen molar-refractivity contribution in [3.8, 4) is 0 Å². The molecule has 0 saturated carbocycles. The molecule has 0 unspecified atom stereocenters. The molecule has 1 saturated heterocycles. The van der Waals surface area contributed by atoms with Crippen LogP contribution < -0.4 is 0 Å². The molecule has 12 heavy (non-hydrogen) atoms. The van der Waals surface area contributed by atoms with E-state index in [4.69, 9.17) is 4.74 Å². The molecule has 2 aliphatic rings. The van der Waals surface area contributed by atoms with E-state index in [0.29, 0.717) is 0 Å². The average molecular weight is 167 g/mol. The van der Waals surface area contributed by atoms with E-state index in [9.17, 15) is 0 Å². The van der Waals surface area contributed by atoms with Gasteiger partial charge in [0.2, 0.25) is 0 Å². The summed E-state index contributed by atoms with van der Waals surface area (Å²) in [7, 11) is 0. The van der Waals surface area contributed by atoms with Crippen LogP contribution in [0.2, 0.25) is 0 Å². The van der Waals surface area contributed by atoms with Crippen molar-refractivity contribution in [1.29, 1.82) is 0 Å². The molecule has 0 bridgehead atoms. The fourth-order valence-electron chi connectivity index (χ4n) is 2.01. The fourth-order valence-corrected chi connectivity index (χ4v) is 2.01. The van der Waals surface area contributed by atoms with Crippen molar-refractivity contribution >= 4 is 0 Å². The molecular formula is C10H17NO. The summed E-state index contributed by atoms with van der Waals surface area (Å²) in [4.78, 5) is 2.51. The first-order valence-corrected chi connectivity index (χ1v) is 4.95. The zero-order chi connectivity index (χ0) is 8.39. The summed E-state index contributed by atoms with van der Waals surface area (Å²) in [6.45, 7) is 6.31. The minimum absolute atomic E-state index is 0.917. The second-order valence-corrected chi connectivity index (χ2v) is 3.50. The number of ether oxygens (including phenoxy) is 1. The quantitative estimate of drug-likeness (QED) is 0.621. The monoisotopic (exact) mass is 167 g/mol. The molecule has 2 rings (SSSR count). The second-order valence-electron chi connectivity index (χ2n) is 3.50. The molecule has 2 heteroatoms. The van der Waals surface area contributed by atoms with Crippen LogP contribution in [-0.2, 0) is 4.74 Å². The topological polar surface area (TPSA) is 12.5 Å². The van der Waals surface area contributed by atoms with Crippen LogP contribution in [0, 0.1) is 0 Å². The summed E-state index contributed by atoms with van der Waals surface area (Å²) in [6, 6.07) is 0. The zero-order valence-corrected chi connectivity index (χ0v) is 7.81.